The summed E-state index contributed by atoms with van der Waals surface area (Å²) in [5.74, 6) is -0.985. The fraction of sp³-hybridized carbons (Fsp3) is 0.150. The number of amides is 2. The van der Waals surface area contributed by atoms with Gasteiger partial charge in [0.25, 0.3) is 11.8 Å². The minimum Gasteiger partial charge on any atom is -0.340 e. The van der Waals surface area contributed by atoms with Gasteiger partial charge in [-0.05, 0) is 18.2 Å². The number of aromatic nitrogens is 2. The molecular formula is C20H16ClN5O2S. The Morgan fingerprint density at radius 1 is 1.28 bits per heavy atom. The van der Waals surface area contributed by atoms with Gasteiger partial charge < -0.3 is 5.32 Å². The molecule has 0 unspecified atom stereocenters. The summed E-state index contributed by atoms with van der Waals surface area (Å²) in [6, 6.07) is 9.66. The molecule has 0 saturated heterocycles. The Labute approximate surface area is 176 Å². The van der Waals surface area contributed by atoms with E-state index in [2.05, 4.69) is 15.3 Å². The van der Waals surface area contributed by atoms with Crippen LogP contribution in [-0.2, 0) is 11.2 Å². The second-order valence-corrected chi connectivity index (χ2v) is 7.45. The molecule has 0 fully saturated rings. The molecule has 0 bridgehead atoms. The molecule has 1 aromatic carbocycles. The Hall–Kier alpha value is -3.28. The topological polar surface area (TPSA) is 99.0 Å². The molecule has 0 aliphatic rings. The number of nitrogens with zero attached hydrogens (tertiary/aromatic N) is 4. The van der Waals surface area contributed by atoms with E-state index in [-0.39, 0.29) is 12.0 Å². The van der Waals surface area contributed by atoms with Crippen molar-refractivity contribution in [3.8, 4) is 17.5 Å². The fourth-order valence-electron chi connectivity index (χ4n) is 2.61. The minimum atomic E-state index is -0.915. The molecule has 9 heteroatoms. The van der Waals surface area contributed by atoms with Crippen LogP contribution >= 0.6 is 22.9 Å². The highest BCUT2D eigenvalue weighted by molar-refractivity contribution is 7.09. The Bertz CT molecular complexity index is 1050. The molecule has 3 rings (SSSR count). The van der Waals surface area contributed by atoms with Crippen molar-refractivity contribution in [2.75, 3.05) is 7.05 Å². The Morgan fingerprint density at radius 2 is 2.07 bits per heavy atom. The van der Waals surface area contributed by atoms with Gasteiger partial charge in [0.1, 0.15) is 6.04 Å². The lowest BCUT2D eigenvalue weighted by Gasteiger charge is -2.19. The lowest BCUT2D eigenvalue weighted by atomic mass is 10.1. The van der Waals surface area contributed by atoms with Crippen LogP contribution < -0.4 is 5.32 Å². The van der Waals surface area contributed by atoms with Gasteiger partial charge in [0.2, 0.25) is 0 Å². The van der Waals surface area contributed by atoms with Gasteiger partial charge in [0.05, 0.1) is 16.3 Å². The van der Waals surface area contributed by atoms with E-state index in [1.165, 1.54) is 24.6 Å². The second-order valence-electron chi connectivity index (χ2n) is 6.07. The van der Waals surface area contributed by atoms with Crippen LogP contribution in [0.2, 0.25) is 5.02 Å². The van der Waals surface area contributed by atoms with Gasteiger partial charge in [-0.25, -0.2) is 4.98 Å². The molecule has 29 heavy (non-hydrogen) atoms. The van der Waals surface area contributed by atoms with Crippen molar-refractivity contribution in [3.05, 3.63) is 69.8 Å². The summed E-state index contributed by atoms with van der Waals surface area (Å²) in [4.78, 5) is 34.5. The quantitative estimate of drug-likeness (QED) is 0.483. The number of nitrogens with one attached hydrogen (secondary N) is 1. The summed E-state index contributed by atoms with van der Waals surface area (Å²) in [6.07, 6.45) is 5.00. The zero-order chi connectivity index (χ0) is 20.8. The first-order valence-corrected chi connectivity index (χ1v) is 9.83. The predicted molar refractivity (Wildman–Crippen MR) is 110 cm³/mol. The average Bonchev–Trinajstić information content (AvgIpc) is 3.25. The molecule has 0 aliphatic heterocycles. The highest BCUT2D eigenvalue weighted by Gasteiger charge is 2.26. The second kappa shape index (κ2) is 9.28. The number of likely N-dealkylation sites (N-methyl/N-ethyl adjacent to an activating group) is 1. The number of carbonyl (C=O) groups excluding carboxylic acids is 2. The summed E-state index contributed by atoms with van der Waals surface area (Å²) in [5, 5.41) is 14.7. The van der Waals surface area contributed by atoms with Gasteiger partial charge in [-0.15, -0.1) is 11.3 Å². The number of hydrogen-bond donors (Lipinski definition) is 1. The lowest BCUT2D eigenvalue weighted by molar-refractivity contribution is -0.129. The minimum absolute atomic E-state index is 0.194. The third-order valence-corrected chi connectivity index (χ3v) is 5.25. The molecule has 0 radical (unpaired) electrons. The van der Waals surface area contributed by atoms with Crippen molar-refractivity contribution < 1.29 is 9.59 Å². The Morgan fingerprint density at radius 3 is 2.69 bits per heavy atom. The molecule has 1 atom stereocenters. The van der Waals surface area contributed by atoms with Crippen LogP contribution in [-0.4, -0.2) is 39.8 Å². The molecule has 2 heterocycles. The summed E-state index contributed by atoms with van der Waals surface area (Å²) in [5.41, 5.74) is 1.68. The smallest absolute Gasteiger partial charge is 0.258 e. The third-order valence-electron chi connectivity index (χ3n) is 4.12. The molecule has 2 aromatic heterocycles. The molecular weight excluding hydrogens is 410 g/mol. The first kappa shape index (κ1) is 20.5. The number of pyridine rings is 1. The van der Waals surface area contributed by atoms with E-state index < -0.39 is 17.9 Å². The van der Waals surface area contributed by atoms with Crippen LogP contribution in [0.5, 0.6) is 0 Å². The third kappa shape index (κ3) is 4.96. The van der Waals surface area contributed by atoms with E-state index in [9.17, 15) is 9.59 Å². The number of hydrogen-bond acceptors (Lipinski definition) is 6. The maximum Gasteiger partial charge on any atom is 0.258 e. The van der Waals surface area contributed by atoms with Gasteiger partial charge in [-0.3, -0.25) is 19.5 Å². The number of benzene rings is 1. The van der Waals surface area contributed by atoms with Gasteiger partial charge in [0.15, 0.2) is 6.19 Å². The molecule has 0 saturated carbocycles. The van der Waals surface area contributed by atoms with Crippen molar-refractivity contribution in [1.82, 2.24) is 20.2 Å². The Kier molecular flexibility index (Phi) is 6.54. The SMILES string of the molecule is CN(C#N)C(=O)[C@H](Cc1nccs1)NC(=O)c1ccc(-c2ccccc2Cl)nc1. The molecule has 146 valence electrons. The molecule has 0 aliphatic carbocycles. The number of carbonyl (C=O) groups is 2. The summed E-state index contributed by atoms with van der Waals surface area (Å²) in [7, 11) is 1.35. The first-order valence-electron chi connectivity index (χ1n) is 8.57. The monoisotopic (exact) mass is 425 g/mol. The van der Waals surface area contributed by atoms with Crippen molar-refractivity contribution in [3.63, 3.8) is 0 Å². The molecule has 1 N–H and O–H groups in total. The van der Waals surface area contributed by atoms with Crippen LogP contribution in [0.4, 0.5) is 0 Å². The van der Waals surface area contributed by atoms with Gasteiger partial charge in [0, 0.05) is 41.8 Å². The number of halogens is 1. The number of rotatable bonds is 6. The number of nitriles is 1. The predicted octanol–water partition coefficient (Wildman–Crippen LogP) is 3.14. The Balaban J connectivity index is 1.77. The van der Waals surface area contributed by atoms with E-state index in [1.54, 1.807) is 36.0 Å². The van der Waals surface area contributed by atoms with Crippen molar-refractivity contribution in [2.45, 2.75) is 12.5 Å². The van der Waals surface area contributed by atoms with E-state index in [1.807, 2.05) is 18.2 Å². The van der Waals surface area contributed by atoms with Gasteiger partial charge >= 0.3 is 0 Å². The highest BCUT2D eigenvalue weighted by atomic mass is 35.5. The molecule has 3 aromatic rings. The summed E-state index contributed by atoms with van der Waals surface area (Å²) < 4.78 is 0. The molecule has 2 amide bonds. The normalized spacial score (nSPS) is 11.3. The molecule has 7 nitrogen and oxygen atoms in total. The van der Waals surface area contributed by atoms with Crippen LogP contribution in [0, 0.1) is 11.5 Å². The zero-order valence-corrected chi connectivity index (χ0v) is 16.9. The summed E-state index contributed by atoms with van der Waals surface area (Å²) in [6.45, 7) is 0. The average molecular weight is 426 g/mol. The van der Waals surface area contributed by atoms with Crippen LogP contribution in [0.1, 0.15) is 15.4 Å². The van der Waals surface area contributed by atoms with E-state index in [0.29, 0.717) is 15.7 Å². The van der Waals surface area contributed by atoms with Crippen LogP contribution in [0.25, 0.3) is 11.3 Å². The highest BCUT2D eigenvalue weighted by Crippen LogP contribution is 2.25. The van der Waals surface area contributed by atoms with E-state index >= 15 is 0 Å². The maximum atomic E-state index is 12.7. The fourth-order valence-corrected chi connectivity index (χ4v) is 3.51. The summed E-state index contributed by atoms with van der Waals surface area (Å²) >= 11 is 7.55. The zero-order valence-electron chi connectivity index (χ0n) is 15.4. The maximum absolute atomic E-state index is 12.7. The van der Waals surface area contributed by atoms with Gasteiger partial charge in [-0.2, -0.15) is 5.26 Å². The standard InChI is InChI=1S/C20H16ClN5O2S/c1-26(12-22)20(28)17(10-18-23-8-9-29-18)25-19(27)13-6-7-16(24-11-13)14-4-2-3-5-15(14)21/h2-9,11,17H,10H2,1H3,(H,25,27)/t17-/m0/s1. The van der Waals surface area contributed by atoms with Crippen molar-refractivity contribution in [1.29, 1.82) is 5.26 Å². The lowest BCUT2D eigenvalue weighted by Crippen LogP contribution is -2.47. The van der Waals surface area contributed by atoms with Crippen LogP contribution in [0.15, 0.2) is 54.2 Å². The van der Waals surface area contributed by atoms with Gasteiger partial charge in [-0.1, -0.05) is 29.8 Å². The largest absolute Gasteiger partial charge is 0.340 e. The molecule has 0 spiro atoms. The number of thiazole rings is 1. The first-order chi connectivity index (χ1) is 14.0. The van der Waals surface area contributed by atoms with E-state index in [0.717, 1.165) is 10.5 Å². The van der Waals surface area contributed by atoms with Crippen molar-refractivity contribution >= 4 is 34.8 Å². The van der Waals surface area contributed by atoms with E-state index in [4.69, 9.17) is 16.9 Å². The van der Waals surface area contributed by atoms with Crippen molar-refractivity contribution in [2.24, 2.45) is 0 Å². The van der Waals surface area contributed by atoms with Crippen LogP contribution in [0.3, 0.4) is 0 Å².